The van der Waals surface area contributed by atoms with Crippen molar-refractivity contribution < 1.29 is 4.39 Å². The lowest BCUT2D eigenvalue weighted by Gasteiger charge is -1.99. The Labute approximate surface area is 88.5 Å². The summed E-state index contributed by atoms with van der Waals surface area (Å²) in [7, 11) is 0. The van der Waals surface area contributed by atoms with E-state index in [1.807, 2.05) is 0 Å². The topological polar surface area (TPSA) is 41.6 Å². The van der Waals surface area contributed by atoms with Crippen molar-refractivity contribution in [3.63, 3.8) is 0 Å². The summed E-state index contributed by atoms with van der Waals surface area (Å²) in [5, 5.41) is 6.66. The van der Waals surface area contributed by atoms with Crippen LogP contribution in [0.25, 0.3) is 11.4 Å². The van der Waals surface area contributed by atoms with Crippen LogP contribution in [0.3, 0.4) is 0 Å². The molecule has 0 saturated carbocycles. The number of aromatic amines is 1. The maximum absolute atomic E-state index is 13.2. The van der Waals surface area contributed by atoms with Gasteiger partial charge in [-0.2, -0.15) is 5.10 Å². The number of aryl methyl sites for hydroxylation is 1. The molecule has 0 aliphatic rings. The van der Waals surface area contributed by atoms with Crippen LogP contribution < -0.4 is 0 Å². The first-order valence-electron chi connectivity index (χ1n) is 4.02. The zero-order valence-corrected chi connectivity index (χ0v) is 8.97. The predicted octanol–water partition coefficient (Wildman–Crippen LogP) is 2.68. The van der Waals surface area contributed by atoms with E-state index in [-0.39, 0.29) is 5.82 Å². The summed E-state index contributed by atoms with van der Waals surface area (Å²) < 4.78 is 13.5. The number of H-pyrrole nitrogens is 1. The smallest absolute Gasteiger partial charge is 0.182 e. The van der Waals surface area contributed by atoms with E-state index in [0.717, 1.165) is 0 Å². The summed E-state index contributed by atoms with van der Waals surface area (Å²) in [6, 6.07) is 4.77. The second kappa shape index (κ2) is 3.49. The Morgan fingerprint density at radius 2 is 2.21 bits per heavy atom. The highest BCUT2D eigenvalue weighted by Gasteiger charge is 2.10. The van der Waals surface area contributed by atoms with Gasteiger partial charge in [0.1, 0.15) is 11.6 Å². The van der Waals surface area contributed by atoms with Crippen molar-refractivity contribution in [3.8, 4) is 11.4 Å². The molecule has 2 rings (SSSR count). The van der Waals surface area contributed by atoms with Crippen LogP contribution in [0.15, 0.2) is 22.7 Å². The van der Waals surface area contributed by atoms with Crippen LogP contribution in [0.4, 0.5) is 4.39 Å². The number of aromatic nitrogens is 3. The van der Waals surface area contributed by atoms with Crippen LogP contribution in [-0.2, 0) is 0 Å². The SMILES string of the molecule is Cc1nc(-c2cccc(F)c2Br)n[nH]1. The van der Waals surface area contributed by atoms with Gasteiger partial charge in [-0.3, -0.25) is 5.10 Å². The van der Waals surface area contributed by atoms with Gasteiger partial charge in [0, 0.05) is 5.56 Å². The van der Waals surface area contributed by atoms with Gasteiger partial charge < -0.3 is 0 Å². The van der Waals surface area contributed by atoms with Crippen molar-refractivity contribution in [1.82, 2.24) is 15.2 Å². The van der Waals surface area contributed by atoms with Crippen molar-refractivity contribution in [2.75, 3.05) is 0 Å². The quantitative estimate of drug-likeness (QED) is 0.852. The third-order valence-electron chi connectivity index (χ3n) is 1.79. The fourth-order valence-electron chi connectivity index (χ4n) is 1.14. The van der Waals surface area contributed by atoms with Gasteiger partial charge in [0.25, 0.3) is 0 Å². The first-order valence-corrected chi connectivity index (χ1v) is 4.81. The Kier molecular flexibility index (Phi) is 2.33. The molecule has 0 radical (unpaired) electrons. The monoisotopic (exact) mass is 255 g/mol. The maximum atomic E-state index is 13.2. The Morgan fingerprint density at radius 1 is 1.43 bits per heavy atom. The fraction of sp³-hybridized carbons (Fsp3) is 0.111. The van der Waals surface area contributed by atoms with Crippen LogP contribution in [0.1, 0.15) is 5.82 Å². The summed E-state index contributed by atoms with van der Waals surface area (Å²) in [6.45, 7) is 1.80. The molecular formula is C9H7BrFN3. The van der Waals surface area contributed by atoms with Crippen LogP contribution >= 0.6 is 15.9 Å². The first kappa shape index (κ1) is 9.33. The zero-order valence-electron chi connectivity index (χ0n) is 7.38. The molecule has 0 spiro atoms. The van der Waals surface area contributed by atoms with Crippen molar-refractivity contribution >= 4 is 15.9 Å². The lowest BCUT2D eigenvalue weighted by Crippen LogP contribution is -1.85. The Morgan fingerprint density at radius 3 is 2.86 bits per heavy atom. The van der Waals surface area contributed by atoms with Crippen molar-refractivity contribution in [2.45, 2.75) is 6.92 Å². The molecule has 0 aliphatic heterocycles. The molecule has 0 unspecified atom stereocenters. The number of rotatable bonds is 1. The van der Waals surface area contributed by atoms with Gasteiger partial charge in [-0.05, 0) is 35.0 Å². The Bertz CT molecular complexity index is 467. The normalized spacial score (nSPS) is 10.5. The molecule has 0 fully saturated rings. The number of halogens is 2. The van der Waals surface area contributed by atoms with E-state index in [1.165, 1.54) is 6.07 Å². The summed E-state index contributed by atoms with van der Waals surface area (Å²) in [5.41, 5.74) is 0.648. The fourth-order valence-corrected chi connectivity index (χ4v) is 1.58. The highest BCUT2D eigenvalue weighted by Crippen LogP contribution is 2.27. The minimum absolute atomic E-state index is 0.315. The van der Waals surface area contributed by atoms with Crippen LogP contribution in [-0.4, -0.2) is 15.2 Å². The molecule has 0 atom stereocenters. The molecule has 1 N–H and O–H groups in total. The van der Waals surface area contributed by atoms with Crippen molar-refractivity contribution in [2.24, 2.45) is 0 Å². The highest BCUT2D eigenvalue weighted by atomic mass is 79.9. The van der Waals surface area contributed by atoms with Gasteiger partial charge in [0.15, 0.2) is 5.82 Å². The molecule has 0 bridgehead atoms. The van der Waals surface area contributed by atoms with E-state index >= 15 is 0 Å². The van der Waals surface area contributed by atoms with E-state index in [4.69, 9.17) is 0 Å². The molecule has 0 saturated heterocycles. The van der Waals surface area contributed by atoms with Gasteiger partial charge in [-0.1, -0.05) is 6.07 Å². The first-order chi connectivity index (χ1) is 6.68. The molecule has 2 aromatic rings. The zero-order chi connectivity index (χ0) is 10.1. The second-order valence-corrected chi connectivity index (χ2v) is 3.64. The van der Waals surface area contributed by atoms with Gasteiger partial charge in [-0.15, -0.1) is 0 Å². The van der Waals surface area contributed by atoms with E-state index in [9.17, 15) is 4.39 Å². The molecule has 1 aromatic carbocycles. The average molecular weight is 256 g/mol. The maximum Gasteiger partial charge on any atom is 0.182 e. The largest absolute Gasteiger partial charge is 0.263 e. The molecular weight excluding hydrogens is 249 g/mol. The third kappa shape index (κ3) is 1.55. The van der Waals surface area contributed by atoms with Crippen LogP contribution in [0.2, 0.25) is 0 Å². The van der Waals surface area contributed by atoms with Crippen LogP contribution in [0, 0.1) is 12.7 Å². The predicted molar refractivity (Wildman–Crippen MR) is 54.2 cm³/mol. The second-order valence-electron chi connectivity index (χ2n) is 2.85. The van der Waals surface area contributed by atoms with Gasteiger partial charge in [-0.25, -0.2) is 9.37 Å². The molecule has 1 heterocycles. The van der Waals surface area contributed by atoms with Gasteiger partial charge in [0.2, 0.25) is 0 Å². The van der Waals surface area contributed by atoms with E-state index in [0.29, 0.717) is 21.7 Å². The van der Waals surface area contributed by atoms with Crippen molar-refractivity contribution in [1.29, 1.82) is 0 Å². The number of nitrogens with one attached hydrogen (secondary N) is 1. The van der Waals surface area contributed by atoms with E-state index < -0.39 is 0 Å². The van der Waals surface area contributed by atoms with Gasteiger partial charge >= 0.3 is 0 Å². The Hall–Kier alpha value is -1.23. The van der Waals surface area contributed by atoms with Crippen molar-refractivity contribution in [3.05, 3.63) is 34.3 Å². The summed E-state index contributed by atoms with van der Waals surface area (Å²) in [5.74, 6) is 0.884. The lowest BCUT2D eigenvalue weighted by molar-refractivity contribution is 0.621. The van der Waals surface area contributed by atoms with Crippen LogP contribution in [0.5, 0.6) is 0 Å². The van der Waals surface area contributed by atoms with E-state index in [2.05, 4.69) is 31.1 Å². The lowest BCUT2D eigenvalue weighted by atomic mass is 10.2. The minimum Gasteiger partial charge on any atom is -0.263 e. The average Bonchev–Trinajstić information content (AvgIpc) is 2.57. The molecule has 3 nitrogen and oxygen atoms in total. The molecule has 5 heteroatoms. The molecule has 0 amide bonds. The molecule has 1 aromatic heterocycles. The number of hydrogen-bond acceptors (Lipinski definition) is 2. The molecule has 0 aliphatic carbocycles. The minimum atomic E-state index is -0.315. The van der Waals surface area contributed by atoms with Gasteiger partial charge in [0.05, 0.1) is 4.47 Å². The summed E-state index contributed by atoms with van der Waals surface area (Å²) >= 11 is 3.16. The number of hydrogen-bond donors (Lipinski definition) is 1. The highest BCUT2D eigenvalue weighted by molar-refractivity contribution is 9.10. The van der Waals surface area contributed by atoms with E-state index in [1.54, 1.807) is 19.1 Å². The molecule has 72 valence electrons. The Balaban J connectivity index is 2.57. The number of nitrogens with zero attached hydrogens (tertiary/aromatic N) is 2. The standard InChI is InChI=1S/C9H7BrFN3/c1-5-12-9(14-13-5)6-3-2-4-7(11)8(6)10/h2-4H,1H3,(H,12,13,14). The number of benzene rings is 1. The molecule has 14 heavy (non-hydrogen) atoms. The third-order valence-corrected chi connectivity index (χ3v) is 2.60. The summed E-state index contributed by atoms with van der Waals surface area (Å²) in [6.07, 6.45) is 0. The summed E-state index contributed by atoms with van der Waals surface area (Å²) in [4.78, 5) is 4.12.